The van der Waals surface area contributed by atoms with E-state index in [1.165, 1.54) is 5.56 Å². The number of hydrogen-bond donors (Lipinski definition) is 1. The molecule has 0 aliphatic carbocycles. The average Bonchev–Trinajstić information content (AvgIpc) is 2.40. The van der Waals surface area contributed by atoms with E-state index in [2.05, 4.69) is 12.1 Å². The van der Waals surface area contributed by atoms with Gasteiger partial charge in [-0.25, -0.2) is 4.79 Å². The zero-order valence-electron chi connectivity index (χ0n) is 10.8. The summed E-state index contributed by atoms with van der Waals surface area (Å²) in [5.41, 5.74) is 1.29. The van der Waals surface area contributed by atoms with Gasteiger partial charge >= 0.3 is 5.97 Å². The first kappa shape index (κ1) is 14.2. The number of benzene rings is 1. The van der Waals surface area contributed by atoms with Crippen molar-refractivity contribution in [3.05, 3.63) is 35.9 Å². The molecule has 1 atom stereocenters. The molecule has 18 heavy (non-hydrogen) atoms. The van der Waals surface area contributed by atoms with Gasteiger partial charge in [-0.05, 0) is 24.8 Å². The summed E-state index contributed by atoms with van der Waals surface area (Å²) in [4.78, 5) is 11.4. The highest BCUT2D eigenvalue weighted by Gasteiger charge is 2.15. The minimum absolute atomic E-state index is 0.0830. The van der Waals surface area contributed by atoms with Crippen LogP contribution in [-0.2, 0) is 9.53 Å². The Morgan fingerprint density at radius 1 is 1.39 bits per heavy atom. The third-order valence-electron chi connectivity index (χ3n) is 2.81. The molecule has 1 rings (SSSR count). The summed E-state index contributed by atoms with van der Waals surface area (Å²) in [5, 5.41) is 11.8. The van der Waals surface area contributed by atoms with Gasteiger partial charge in [-0.3, -0.25) is 0 Å². The largest absolute Gasteiger partial charge is 0.461 e. The number of ether oxygens (including phenoxy) is 1. The number of carbonyl (C=O) groups excluding carboxylic acids is 1. The van der Waals surface area contributed by atoms with Gasteiger partial charge in [0, 0.05) is 6.42 Å². The number of esters is 1. The minimum Gasteiger partial charge on any atom is -0.461 e. The lowest BCUT2D eigenvalue weighted by molar-refractivity contribution is -0.135. The molecule has 98 valence electrons. The van der Waals surface area contributed by atoms with Crippen LogP contribution in [0, 0.1) is 0 Å². The standard InChI is InChI=1S/C14H19NO3/c1-3-18-14(16)13(15-17)10-9-11(2)12-7-5-4-6-8-12/h4-8,11,17H,3,9-10H2,1-2H3. The molecular weight excluding hydrogens is 230 g/mol. The molecule has 0 aliphatic heterocycles. The first-order valence-electron chi connectivity index (χ1n) is 6.12. The van der Waals surface area contributed by atoms with E-state index in [-0.39, 0.29) is 12.3 Å². The molecule has 0 aromatic heterocycles. The van der Waals surface area contributed by atoms with Gasteiger partial charge in [0.2, 0.25) is 0 Å². The lowest BCUT2D eigenvalue weighted by Gasteiger charge is -2.11. The van der Waals surface area contributed by atoms with E-state index in [0.717, 1.165) is 6.42 Å². The molecule has 0 heterocycles. The summed E-state index contributed by atoms with van der Waals surface area (Å²) in [7, 11) is 0. The predicted molar refractivity (Wildman–Crippen MR) is 69.9 cm³/mol. The Morgan fingerprint density at radius 3 is 2.61 bits per heavy atom. The lowest BCUT2D eigenvalue weighted by Crippen LogP contribution is -2.18. The van der Waals surface area contributed by atoms with Crippen molar-refractivity contribution >= 4 is 11.7 Å². The maximum absolute atomic E-state index is 11.4. The van der Waals surface area contributed by atoms with Crippen molar-refractivity contribution in [3.63, 3.8) is 0 Å². The van der Waals surface area contributed by atoms with Crippen LogP contribution >= 0.6 is 0 Å². The van der Waals surface area contributed by atoms with Crippen molar-refractivity contribution in [2.75, 3.05) is 6.61 Å². The average molecular weight is 249 g/mol. The second kappa shape index (κ2) is 7.48. The quantitative estimate of drug-likeness (QED) is 0.365. The highest BCUT2D eigenvalue weighted by Crippen LogP contribution is 2.20. The van der Waals surface area contributed by atoms with E-state index in [1.807, 2.05) is 30.3 Å². The lowest BCUT2D eigenvalue weighted by atomic mass is 9.95. The first-order chi connectivity index (χ1) is 8.69. The third-order valence-corrected chi connectivity index (χ3v) is 2.81. The molecule has 1 unspecified atom stereocenters. The Bertz CT molecular complexity index is 401. The monoisotopic (exact) mass is 249 g/mol. The molecule has 0 fully saturated rings. The smallest absolute Gasteiger partial charge is 0.356 e. The fraction of sp³-hybridized carbons (Fsp3) is 0.429. The van der Waals surface area contributed by atoms with Crippen LogP contribution in [0.25, 0.3) is 0 Å². The second-order valence-corrected chi connectivity index (χ2v) is 4.12. The first-order valence-corrected chi connectivity index (χ1v) is 6.12. The van der Waals surface area contributed by atoms with Crippen LogP contribution < -0.4 is 0 Å². The van der Waals surface area contributed by atoms with Crippen molar-refractivity contribution in [1.29, 1.82) is 0 Å². The SMILES string of the molecule is CCOC(=O)C(CCC(C)c1ccccc1)=NO. The molecule has 0 amide bonds. The molecule has 0 radical (unpaired) electrons. The normalized spacial score (nSPS) is 13.1. The third kappa shape index (κ3) is 4.20. The summed E-state index contributed by atoms with van der Waals surface area (Å²) in [6.07, 6.45) is 1.15. The van der Waals surface area contributed by atoms with Gasteiger partial charge in [0.1, 0.15) is 0 Å². The Morgan fingerprint density at radius 2 is 2.06 bits per heavy atom. The van der Waals surface area contributed by atoms with Gasteiger partial charge in [-0.2, -0.15) is 0 Å². The van der Waals surface area contributed by atoms with Crippen molar-refractivity contribution < 1.29 is 14.7 Å². The van der Waals surface area contributed by atoms with E-state index in [0.29, 0.717) is 12.3 Å². The number of oxime groups is 1. The fourth-order valence-electron chi connectivity index (χ4n) is 1.71. The molecule has 0 bridgehead atoms. The van der Waals surface area contributed by atoms with E-state index in [4.69, 9.17) is 9.94 Å². The van der Waals surface area contributed by atoms with Gasteiger partial charge in [-0.15, -0.1) is 0 Å². The van der Waals surface area contributed by atoms with Crippen LogP contribution in [-0.4, -0.2) is 23.5 Å². The molecule has 1 N–H and O–H groups in total. The van der Waals surface area contributed by atoms with Gasteiger partial charge in [-0.1, -0.05) is 42.4 Å². The Hall–Kier alpha value is -1.84. The summed E-state index contributed by atoms with van der Waals surface area (Å²) in [6.45, 7) is 4.08. The van der Waals surface area contributed by atoms with Gasteiger partial charge in [0.25, 0.3) is 0 Å². The Balaban J connectivity index is 2.51. The maximum Gasteiger partial charge on any atom is 0.356 e. The van der Waals surface area contributed by atoms with Crippen LogP contribution in [0.5, 0.6) is 0 Å². The zero-order chi connectivity index (χ0) is 13.4. The number of rotatable bonds is 6. The fourth-order valence-corrected chi connectivity index (χ4v) is 1.71. The van der Waals surface area contributed by atoms with Crippen LogP contribution in [0.15, 0.2) is 35.5 Å². The van der Waals surface area contributed by atoms with E-state index < -0.39 is 5.97 Å². The predicted octanol–water partition coefficient (Wildman–Crippen LogP) is 2.96. The molecule has 1 aromatic rings. The molecule has 0 spiro atoms. The van der Waals surface area contributed by atoms with E-state index in [1.54, 1.807) is 6.92 Å². The maximum atomic E-state index is 11.4. The highest BCUT2D eigenvalue weighted by atomic mass is 16.5. The summed E-state index contributed by atoms with van der Waals surface area (Å²) < 4.78 is 4.80. The molecule has 0 saturated heterocycles. The Labute approximate surface area is 107 Å². The molecule has 0 saturated carbocycles. The van der Waals surface area contributed by atoms with E-state index >= 15 is 0 Å². The van der Waals surface area contributed by atoms with Crippen molar-refractivity contribution in [2.24, 2.45) is 5.16 Å². The molecular formula is C14H19NO3. The van der Waals surface area contributed by atoms with Crippen molar-refractivity contribution in [2.45, 2.75) is 32.6 Å². The molecule has 1 aromatic carbocycles. The van der Waals surface area contributed by atoms with Gasteiger partial charge in [0.05, 0.1) is 6.61 Å². The van der Waals surface area contributed by atoms with Crippen LogP contribution in [0.2, 0.25) is 0 Å². The molecule has 4 nitrogen and oxygen atoms in total. The number of nitrogens with zero attached hydrogens (tertiary/aromatic N) is 1. The summed E-state index contributed by atoms with van der Waals surface area (Å²) in [6, 6.07) is 10.0. The van der Waals surface area contributed by atoms with Crippen LogP contribution in [0.3, 0.4) is 0 Å². The van der Waals surface area contributed by atoms with Crippen LogP contribution in [0.4, 0.5) is 0 Å². The zero-order valence-corrected chi connectivity index (χ0v) is 10.8. The van der Waals surface area contributed by atoms with Gasteiger partial charge in [0.15, 0.2) is 5.71 Å². The van der Waals surface area contributed by atoms with Gasteiger partial charge < -0.3 is 9.94 Å². The summed E-state index contributed by atoms with van der Waals surface area (Å²) >= 11 is 0. The van der Waals surface area contributed by atoms with Crippen LogP contribution in [0.1, 0.15) is 38.2 Å². The number of carbonyl (C=O) groups is 1. The minimum atomic E-state index is -0.541. The van der Waals surface area contributed by atoms with Crippen molar-refractivity contribution in [1.82, 2.24) is 0 Å². The van der Waals surface area contributed by atoms with Crippen molar-refractivity contribution in [3.8, 4) is 0 Å². The summed E-state index contributed by atoms with van der Waals surface area (Å²) in [5.74, 6) is -0.238. The van der Waals surface area contributed by atoms with E-state index in [9.17, 15) is 4.79 Å². The molecule has 4 heteroatoms. The Kier molecular flexibility index (Phi) is 5.91. The second-order valence-electron chi connectivity index (χ2n) is 4.12. The number of hydrogen-bond acceptors (Lipinski definition) is 4. The topological polar surface area (TPSA) is 58.9 Å². The molecule has 0 aliphatic rings. The highest BCUT2D eigenvalue weighted by molar-refractivity contribution is 6.36.